The average molecular weight is 241 g/mol. The highest BCUT2D eigenvalue weighted by Crippen LogP contribution is 2.13. The SMILES string of the molecule is O=C(N[C@@H]1CCNC1)c1ccc2ncccc2c1. The first kappa shape index (κ1) is 11.2. The van der Waals surface area contributed by atoms with Gasteiger partial charge >= 0.3 is 0 Å². The molecule has 0 radical (unpaired) electrons. The summed E-state index contributed by atoms with van der Waals surface area (Å²) in [6.07, 6.45) is 2.76. The van der Waals surface area contributed by atoms with Gasteiger partial charge in [0.15, 0.2) is 0 Å². The lowest BCUT2D eigenvalue weighted by Crippen LogP contribution is -2.36. The van der Waals surface area contributed by atoms with Crippen molar-refractivity contribution in [2.24, 2.45) is 0 Å². The number of rotatable bonds is 2. The topological polar surface area (TPSA) is 54.0 Å². The quantitative estimate of drug-likeness (QED) is 0.834. The van der Waals surface area contributed by atoms with E-state index in [1.54, 1.807) is 6.20 Å². The second-order valence-corrected chi connectivity index (χ2v) is 4.57. The molecule has 1 aromatic carbocycles. The van der Waals surface area contributed by atoms with Gasteiger partial charge < -0.3 is 10.6 Å². The fraction of sp³-hybridized carbons (Fsp3) is 0.286. The Morgan fingerprint density at radius 1 is 1.39 bits per heavy atom. The van der Waals surface area contributed by atoms with Crippen molar-refractivity contribution >= 4 is 16.8 Å². The minimum Gasteiger partial charge on any atom is -0.348 e. The number of hydrogen-bond acceptors (Lipinski definition) is 3. The highest BCUT2D eigenvalue weighted by molar-refractivity contribution is 5.98. The Bertz CT molecular complexity index is 576. The van der Waals surface area contributed by atoms with Gasteiger partial charge in [0.05, 0.1) is 5.52 Å². The molecule has 0 aliphatic carbocycles. The third kappa shape index (κ3) is 2.19. The first-order valence-corrected chi connectivity index (χ1v) is 6.19. The maximum Gasteiger partial charge on any atom is 0.251 e. The zero-order chi connectivity index (χ0) is 12.4. The molecule has 0 spiro atoms. The number of aromatic nitrogens is 1. The Labute approximate surface area is 105 Å². The largest absolute Gasteiger partial charge is 0.348 e. The predicted molar refractivity (Wildman–Crippen MR) is 70.5 cm³/mol. The molecule has 1 aliphatic heterocycles. The third-order valence-corrected chi connectivity index (χ3v) is 3.26. The van der Waals surface area contributed by atoms with E-state index < -0.39 is 0 Å². The highest BCUT2D eigenvalue weighted by Gasteiger charge is 2.17. The van der Waals surface area contributed by atoms with E-state index in [9.17, 15) is 4.79 Å². The molecule has 2 N–H and O–H groups in total. The fourth-order valence-electron chi connectivity index (χ4n) is 2.26. The minimum atomic E-state index is -0.00514. The Morgan fingerprint density at radius 2 is 2.33 bits per heavy atom. The summed E-state index contributed by atoms with van der Waals surface area (Å²) in [5.74, 6) is -0.00514. The Kier molecular flexibility index (Phi) is 2.94. The third-order valence-electron chi connectivity index (χ3n) is 3.26. The van der Waals surface area contributed by atoms with Crippen molar-refractivity contribution in [1.82, 2.24) is 15.6 Å². The summed E-state index contributed by atoms with van der Waals surface area (Å²) in [4.78, 5) is 16.3. The van der Waals surface area contributed by atoms with Crippen molar-refractivity contribution < 1.29 is 4.79 Å². The number of hydrogen-bond donors (Lipinski definition) is 2. The molecule has 0 unspecified atom stereocenters. The smallest absolute Gasteiger partial charge is 0.251 e. The van der Waals surface area contributed by atoms with Gasteiger partial charge in [0.2, 0.25) is 0 Å². The van der Waals surface area contributed by atoms with E-state index in [-0.39, 0.29) is 11.9 Å². The molecule has 1 aliphatic rings. The number of benzene rings is 1. The van der Waals surface area contributed by atoms with Gasteiger partial charge in [-0.25, -0.2) is 0 Å². The molecule has 1 fully saturated rings. The first-order valence-electron chi connectivity index (χ1n) is 6.19. The van der Waals surface area contributed by atoms with Crippen LogP contribution < -0.4 is 10.6 Å². The Morgan fingerprint density at radius 3 is 3.17 bits per heavy atom. The molecule has 4 heteroatoms. The molecule has 0 saturated carbocycles. The van der Waals surface area contributed by atoms with Gasteiger partial charge in [0.25, 0.3) is 5.91 Å². The highest BCUT2D eigenvalue weighted by atomic mass is 16.1. The normalized spacial score (nSPS) is 19.0. The van der Waals surface area contributed by atoms with E-state index >= 15 is 0 Å². The summed E-state index contributed by atoms with van der Waals surface area (Å²) >= 11 is 0. The molecule has 4 nitrogen and oxygen atoms in total. The number of nitrogens with zero attached hydrogens (tertiary/aromatic N) is 1. The molecule has 1 amide bonds. The van der Waals surface area contributed by atoms with Crippen LogP contribution in [0.3, 0.4) is 0 Å². The molecular weight excluding hydrogens is 226 g/mol. The number of carbonyl (C=O) groups excluding carboxylic acids is 1. The van der Waals surface area contributed by atoms with E-state index in [2.05, 4.69) is 15.6 Å². The molecule has 1 aromatic heterocycles. The first-order chi connectivity index (χ1) is 8.83. The number of nitrogens with one attached hydrogen (secondary N) is 2. The average Bonchev–Trinajstić information content (AvgIpc) is 2.91. The molecular formula is C14H15N3O. The lowest BCUT2D eigenvalue weighted by Gasteiger charge is -2.11. The molecule has 2 aromatic rings. The zero-order valence-electron chi connectivity index (χ0n) is 10.0. The number of fused-ring (bicyclic) bond motifs is 1. The predicted octanol–water partition coefficient (Wildman–Crippen LogP) is 1.33. The standard InChI is InChI=1S/C14H15N3O/c18-14(17-12-5-7-15-9-12)11-3-4-13-10(8-11)2-1-6-16-13/h1-4,6,8,12,15H,5,7,9H2,(H,17,18)/t12-/m1/s1. The summed E-state index contributed by atoms with van der Waals surface area (Å²) in [5, 5.41) is 7.27. The van der Waals surface area contributed by atoms with Crippen molar-refractivity contribution in [3.63, 3.8) is 0 Å². The van der Waals surface area contributed by atoms with E-state index in [4.69, 9.17) is 0 Å². The minimum absolute atomic E-state index is 0.00514. The van der Waals surface area contributed by atoms with Crippen LogP contribution in [0, 0.1) is 0 Å². The summed E-state index contributed by atoms with van der Waals surface area (Å²) in [6, 6.07) is 9.70. The Balaban J connectivity index is 1.82. The number of pyridine rings is 1. The summed E-state index contributed by atoms with van der Waals surface area (Å²) < 4.78 is 0. The van der Waals surface area contributed by atoms with E-state index in [1.807, 2.05) is 30.3 Å². The van der Waals surface area contributed by atoms with Gasteiger partial charge in [-0.3, -0.25) is 9.78 Å². The molecule has 1 saturated heterocycles. The summed E-state index contributed by atoms with van der Waals surface area (Å²) in [7, 11) is 0. The molecule has 2 heterocycles. The fourth-order valence-corrected chi connectivity index (χ4v) is 2.26. The molecule has 0 bridgehead atoms. The van der Waals surface area contributed by atoms with Crippen molar-refractivity contribution in [3.8, 4) is 0 Å². The van der Waals surface area contributed by atoms with Crippen LogP contribution in [0.2, 0.25) is 0 Å². The van der Waals surface area contributed by atoms with E-state index in [0.717, 1.165) is 30.4 Å². The van der Waals surface area contributed by atoms with Crippen LogP contribution in [0.25, 0.3) is 10.9 Å². The van der Waals surface area contributed by atoms with Gasteiger partial charge in [-0.2, -0.15) is 0 Å². The molecule has 92 valence electrons. The molecule has 3 rings (SSSR count). The van der Waals surface area contributed by atoms with Crippen LogP contribution in [0.5, 0.6) is 0 Å². The van der Waals surface area contributed by atoms with Crippen LogP contribution in [-0.2, 0) is 0 Å². The van der Waals surface area contributed by atoms with Gasteiger partial charge in [-0.1, -0.05) is 6.07 Å². The van der Waals surface area contributed by atoms with Crippen molar-refractivity contribution in [2.45, 2.75) is 12.5 Å². The second-order valence-electron chi connectivity index (χ2n) is 4.57. The van der Waals surface area contributed by atoms with Crippen LogP contribution >= 0.6 is 0 Å². The van der Waals surface area contributed by atoms with Crippen LogP contribution in [0.1, 0.15) is 16.8 Å². The summed E-state index contributed by atoms with van der Waals surface area (Å²) in [6.45, 7) is 1.84. The zero-order valence-corrected chi connectivity index (χ0v) is 10.0. The van der Waals surface area contributed by atoms with Gasteiger partial charge in [-0.05, 0) is 37.2 Å². The molecule has 1 atom stereocenters. The Hall–Kier alpha value is -1.94. The lowest BCUT2D eigenvalue weighted by molar-refractivity contribution is 0.0940. The maximum atomic E-state index is 12.1. The van der Waals surface area contributed by atoms with E-state index in [1.165, 1.54) is 0 Å². The number of carbonyl (C=O) groups is 1. The van der Waals surface area contributed by atoms with Gasteiger partial charge in [0.1, 0.15) is 0 Å². The van der Waals surface area contributed by atoms with Crippen molar-refractivity contribution in [3.05, 3.63) is 42.1 Å². The van der Waals surface area contributed by atoms with Crippen LogP contribution in [0.15, 0.2) is 36.5 Å². The van der Waals surface area contributed by atoms with Crippen LogP contribution in [-0.4, -0.2) is 30.0 Å². The van der Waals surface area contributed by atoms with Gasteiger partial charge in [0, 0.05) is 29.7 Å². The van der Waals surface area contributed by atoms with Crippen LogP contribution in [0.4, 0.5) is 0 Å². The molecule has 18 heavy (non-hydrogen) atoms. The number of amides is 1. The maximum absolute atomic E-state index is 12.1. The van der Waals surface area contributed by atoms with Crippen molar-refractivity contribution in [1.29, 1.82) is 0 Å². The van der Waals surface area contributed by atoms with Crippen molar-refractivity contribution in [2.75, 3.05) is 13.1 Å². The summed E-state index contributed by atoms with van der Waals surface area (Å²) in [5.41, 5.74) is 1.61. The monoisotopic (exact) mass is 241 g/mol. The lowest BCUT2D eigenvalue weighted by atomic mass is 10.1. The van der Waals surface area contributed by atoms with Gasteiger partial charge in [-0.15, -0.1) is 0 Å². The van der Waals surface area contributed by atoms with E-state index in [0.29, 0.717) is 5.56 Å². The second kappa shape index (κ2) is 4.74.